The molecule has 2 aliphatic rings. The van der Waals surface area contributed by atoms with Gasteiger partial charge in [-0.3, -0.25) is 9.55 Å². The molecule has 1 fully saturated rings. The van der Waals surface area contributed by atoms with Crippen molar-refractivity contribution >= 4 is 23.2 Å². The van der Waals surface area contributed by atoms with Crippen LogP contribution in [0.5, 0.6) is 0 Å². The van der Waals surface area contributed by atoms with E-state index in [0.29, 0.717) is 10.9 Å². The maximum absolute atomic E-state index is 6.69. The molecule has 25 heavy (non-hydrogen) atoms. The van der Waals surface area contributed by atoms with E-state index in [1.165, 1.54) is 18.4 Å². The lowest BCUT2D eigenvalue weighted by atomic mass is 9.96. The summed E-state index contributed by atoms with van der Waals surface area (Å²) in [6.45, 7) is 1.95. The van der Waals surface area contributed by atoms with Crippen molar-refractivity contribution in [2.75, 3.05) is 0 Å². The summed E-state index contributed by atoms with van der Waals surface area (Å²) in [6.07, 6.45) is 7.90. The number of hydrogen-bond donors (Lipinski definition) is 0. The van der Waals surface area contributed by atoms with Crippen LogP contribution in [0.25, 0.3) is 16.8 Å². The SMILES string of the molecule is Cc1nnc2n1-c1c(Cl)cc(-c3cncc(C4CC4)c3Cl)cc1CC2. The van der Waals surface area contributed by atoms with Crippen molar-refractivity contribution in [3.63, 3.8) is 0 Å². The van der Waals surface area contributed by atoms with E-state index in [2.05, 4.69) is 25.8 Å². The molecule has 3 heterocycles. The lowest BCUT2D eigenvalue weighted by Crippen LogP contribution is -2.14. The Hall–Kier alpha value is -1.91. The highest BCUT2D eigenvalue weighted by Crippen LogP contribution is 2.46. The number of aromatic nitrogens is 4. The van der Waals surface area contributed by atoms with Gasteiger partial charge in [-0.1, -0.05) is 23.2 Å². The van der Waals surface area contributed by atoms with Crippen LogP contribution in [0.2, 0.25) is 10.0 Å². The van der Waals surface area contributed by atoms with E-state index in [1.54, 1.807) is 0 Å². The maximum Gasteiger partial charge on any atom is 0.137 e. The minimum Gasteiger partial charge on any atom is -0.281 e. The zero-order valence-corrected chi connectivity index (χ0v) is 15.3. The minimum atomic E-state index is 0.565. The van der Waals surface area contributed by atoms with Gasteiger partial charge in [0.2, 0.25) is 0 Å². The Morgan fingerprint density at radius 3 is 2.72 bits per heavy atom. The Bertz CT molecular complexity index is 1000. The predicted molar refractivity (Wildman–Crippen MR) is 98.7 cm³/mol. The molecule has 0 N–H and O–H groups in total. The minimum absolute atomic E-state index is 0.565. The molecular formula is C19H16Cl2N4. The van der Waals surface area contributed by atoms with E-state index >= 15 is 0 Å². The van der Waals surface area contributed by atoms with E-state index < -0.39 is 0 Å². The molecule has 0 unspecified atom stereocenters. The van der Waals surface area contributed by atoms with E-state index in [4.69, 9.17) is 23.2 Å². The quantitative estimate of drug-likeness (QED) is 0.642. The Morgan fingerprint density at radius 1 is 1.08 bits per heavy atom. The van der Waals surface area contributed by atoms with Crippen molar-refractivity contribution in [1.29, 1.82) is 0 Å². The van der Waals surface area contributed by atoms with Gasteiger partial charge < -0.3 is 0 Å². The van der Waals surface area contributed by atoms with Crippen LogP contribution in [0.1, 0.15) is 41.5 Å². The second kappa shape index (κ2) is 5.55. The molecule has 2 aromatic heterocycles. The topological polar surface area (TPSA) is 43.6 Å². The fraction of sp³-hybridized carbons (Fsp3) is 0.316. The molecule has 126 valence electrons. The summed E-state index contributed by atoms with van der Waals surface area (Å²) in [5.74, 6) is 2.39. The van der Waals surface area contributed by atoms with Crippen LogP contribution in [0.3, 0.4) is 0 Å². The predicted octanol–water partition coefficient (Wildman–Crippen LogP) is 4.92. The highest BCUT2D eigenvalue weighted by molar-refractivity contribution is 6.35. The number of aryl methyl sites for hydroxylation is 3. The second-order valence-electron chi connectivity index (χ2n) is 6.83. The second-order valence-corrected chi connectivity index (χ2v) is 7.61. The summed E-state index contributed by atoms with van der Waals surface area (Å²) in [5.41, 5.74) is 5.34. The largest absolute Gasteiger partial charge is 0.281 e. The van der Waals surface area contributed by atoms with Crippen LogP contribution >= 0.6 is 23.2 Å². The Kier molecular flexibility index (Phi) is 3.41. The van der Waals surface area contributed by atoms with Crippen LogP contribution in [0.4, 0.5) is 0 Å². The van der Waals surface area contributed by atoms with Crippen LogP contribution in [-0.4, -0.2) is 19.7 Å². The number of halogens is 2. The molecule has 1 saturated carbocycles. The molecular weight excluding hydrogens is 355 g/mol. The first-order valence-electron chi connectivity index (χ1n) is 8.51. The van der Waals surface area contributed by atoms with Gasteiger partial charge >= 0.3 is 0 Å². The van der Waals surface area contributed by atoms with E-state index in [0.717, 1.165) is 51.9 Å². The highest BCUT2D eigenvalue weighted by Gasteiger charge is 2.28. The fourth-order valence-electron chi connectivity index (χ4n) is 3.70. The molecule has 1 aliphatic carbocycles. The van der Waals surface area contributed by atoms with Gasteiger partial charge in [0.25, 0.3) is 0 Å². The Morgan fingerprint density at radius 2 is 1.92 bits per heavy atom. The van der Waals surface area contributed by atoms with Crippen molar-refractivity contribution < 1.29 is 0 Å². The third-order valence-electron chi connectivity index (χ3n) is 5.11. The number of fused-ring (bicyclic) bond motifs is 3. The molecule has 0 atom stereocenters. The first kappa shape index (κ1) is 15.4. The van der Waals surface area contributed by atoms with Crippen molar-refractivity contribution in [3.05, 3.63) is 57.3 Å². The summed E-state index contributed by atoms with van der Waals surface area (Å²) in [4.78, 5) is 4.41. The molecule has 1 aromatic carbocycles. The van der Waals surface area contributed by atoms with E-state index in [9.17, 15) is 0 Å². The molecule has 4 nitrogen and oxygen atoms in total. The zero-order valence-electron chi connectivity index (χ0n) is 13.8. The summed E-state index contributed by atoms with van der Waals surface area (Å²) < 4.78 is 2.06. The molecule has 0 spiro atoms. The van der Waals surface area contributed by atoms with Gasteiger partial charge in [0, 0.05) is 24.4 Å². The van der Waals surface area contributed by atoms with Crippen LogP contribution < -0.4 is 0 Å². The van der Waals surface area contributed by atoms with Gasteiger partial charge in [-0.2, -0.15) is 0 Å². The molecule has 0 amide bonds. The van der Waals surface area contributed by atoms with Gasteiger partial charge in [0.15, 0.2) is 0 Å². The van der Waals surface area contributed by atoms with E-state index in [1.807, 2.05) is 25.4 Å². The maximum atomic E-state index is 6.69. The number of hydrogen-bond acceptors (Lipinski definition) is 3. The van der Waals surface area contributed by atoms with Crippen molar-refractivity contribution in [3.8, 4) is 16.8 Å². The van der Waals surface area contributed by atoms with Crippen molar-refractivity contribution in [2.24, 2.45) is 0 Å². The number of nitrogens with zero attached hydrogens (tertiary/aromatic N) is 4. The van der Waals surface area contributed by atoms with Crippen LogP contribution in [0.15, 0.2) is 24.5 Å². The summed E-state index contributed by atoms with van der Waals surface area (Å²) >= 11 is 13.4. The standard InChI is InChI=1S/C19H16Cl2N4/c1-10-23-24-17-5-4-12-6-13(7-16(20)19(12)25(10)17)15-9-22-8-14(18(15)21)11-2-3-11/h6-9,11H,2-5H2,1H3. The van der Waals surface area contributed by atoms with Crippen LogP contribution in [0, 0.1) is 6.92 Å². The molecule has 0 saturated heterocycles. The number of benzene rings is 1. The zero-order chi connectivity index (χ0) is 17.1. The van der Waals surface area contributed by atoms with Crippen molar-refractivity contribution in [1.82, 2.24) is 19.7 Å². The first-order valence-corrected chi connectivity index (χ1v) is 9.26. The molecule has 6 heteroatoms. The third-order valence-corrected chi connectivity index (χ3v) is 5.82. The molecule has 5 rings (SSSR count). The summed E-state index contributed by atoms with van der Waals surface area (Å²) in [7, 11) is 0. The van der Waals surface area contributed by atoms with Gasteiger partial charge in [-0.25, -0.2) is 0 Å². The third kappa shape index (κ3) is 2.39. The Balaban J connectivity index is 1.68. The van der Waals surface area contributed by atoms with Crippen molar-refractivity contribution in [2.45, 2.75) is 38.5 Å². The molecule has 0 bridgehead atoms. The van der Waals surface area contributed by atoms with Gasteiger partial charge in [-0.15, -0.1) is 10.2 Å². The number of rotatable bonds is 2. The highest BCUT2D eigenvalue weighted by atomic mass is 35.5. The lowest BCUT2D eigenvalue weighted by molar-refractivity contribution is 0.767. The van der Waals surface area contributed by atoms with Gasteiger partial charge in [0.1, 0.15) is 11.6 Å². The molecule has 3 aromatic rings. The lowest BCUT2D eigenvalue weighted by Gasteiger charge is -2.21. The molecule has 1 aliphatic heterocycles. The Labute approximate surface area is 155 Å². The summed E-state index contributed by atoms with van der Waals surface area (Å²) in [6, 6.07) is 4.16. The van der Waals surface area contributed by atoms with Crippen LogP contribution in [-0.2, 0) is 12.8 Å². The average molecular weight is 371 g/mol. The van der Waals surface area contributed by atoms with Gasteiger partial charge in [0.05, 0.1) is 15.7 Å². The smallest absolute Gasteiger partial charge is 0.137 e. The first-order chi connectivity index (χ1) is 12.1. The normalized spacial score (nSPS) is 15.8. The van der Waals surface area contributed by atoms with E-state index in [-0.39, 0.29) is 0 Å². The van der Waals surface area contributed by atoms with Gasteiger partial charge in [-0.05, 0) is 60.9 Å². The summed E-state index contributed by atoms with van der Waals surface area (Å²) in [5, 5.41) is 9.96. The number of pyridine rings is 1. The monoisotopic (exact) mass is 370 g/mol. The fourth-order valence-corrected chi connectivity index (χ4v) is 4.38. The molecule has 0 radical (unpaired) electrons. The average Bonchev–Trinajstić information content (AvgIpc) is 3.38.